The molecule has 0 spiro atoms. The number of hydrogen-bond donors (Lipinski definition) is 2. The van der Waals surface area contributed by atoms with Crippen molar-refractivity contribution in [2.24, 2.45) is 5.73 Å². The number of esters is 1. The van der Waals surface area contributed by atoms with Crippen molar-refractivity contribution in [3.63, 3.8) is 0 Å². The smallest absolute Gasteiger partial charge is 0.344 e. The minimum Gasteiger partial charge on any atom is -0.494 e. The number of nitrogens with one attached hydrogen (secondary N) is 1. The van der Waals surface area contributed by atoms with Gasteiger partial charge in [-0.15, -0.1) is 0 Å². The van der Waals surface area contributed by atoms with Crippen LogP contribution >= 0.6 is 0 Å². The van der Waals surface area contributed by atoms with Crippen LogP contribution in [-0.4, -0.2) is 32.8 Å². The minimum absolute atomic E-state index is 0.161. The fourth-order valence-electron chi connectivity index (χ4n) is 2.04. The third-order valence-corrected chi connectivity index (χ3v) is 3.23. The molecule has 0 amide bonds. The van der Waals surface area contributed by atoms with Gasteiger partial charge in [0.15, 0.2) is 6.61 Å². The fraction of sp³-hybridized carbons (Fsp3) is 0.278. The van der Waals surface area contributed by atoms with Crippen molar-refractivity contribution in [2.75, 3.05) is 32.1 Å². The molecule has 0 aromatic heterocycles. The lowest BCUT2D eigenvalue weighted by atomic mass is 10.2. The highest BCUT2D eigenvalue weighted by molar-refractivity contribution is 5.71. The SMILES string of the molecule is COc1cc(OCC(=O)OCc2ccccc2)ccc1NCCN. The second-order valence-electron chi connectivity index (χ2n) is 5.01. The van der Waals surface area contributed by atoms with E-state index in [0.29, 0.717) is 24.6 Å². The molecule has 0 radical (unpaired) electrons. The normalized spacial score (nSPS) is 10.1. The first-order valence-electron chi connectivity index (χ1n) is 7.67. The van der Waals surface area contributed by atoms with Crippen LogP contribution in [0.2, 0.25) is 0 Å². The maximum atomic E-state index is 11.7. The molecule has 0 unspecified atom stereocenters. The van der Waals surface area contributed by atoms with Gasteiger partial charge in [0.2, 0.25) is 0 Å². The lowest BCUT2D eigenvalue weighted by molar-refractivity contribution is -0.147. The lowest BCUT2D eigenvalue weighted by Crippen LogP contribution is -2.15. The van der Waals surface area contributed by atoms with Crippen LogP contribution in [0.15, 0.2) is 48.5 Å². The summed E-state index contributed by atoms with van der Waals surface area (Å²) in [4.78, 5) is 11.7. The molecule has 0 heterocycles. The van der Waals surface area contributed by atoms with Gasteiger partial charge in [-0.2, -0.15) is 0 Å². The van der Waals surface area contributed by atoms with E-state index in [2.05, 4.69) is 5.32 Å². The molecule has 0 aliphatic rings. The summed E-state index contributed by atoms with van der Waals surface area (Å²) < 4.78 is 15.9. The number of anilines is 1. The first-order chi connectivity index (χ1) is 11.7. The zero-order valence-electron chi connectivity index (χ0n) is 13.7. The summed E-state index contributed by atoms with van der Waals surface area (Å²) in [6.45, 7) is 1.23. The second-order valence-corrected chi connectivity index (χ2v) is 5.01. The molecule has 0 aliphatic carbocycles. The van der Waals surface area contributed by atoms with Gasteiger partial charge in [0.1, 0.15) is 18.1 Å². The van der Waals surface area contributed by atoms with Crippen LogP contribution in [0, 0.1) is 0 Å². The highest BCUT2D eigenvalue weighted by Crippen LogP contribution is 2.29. The van der Waals surface area contributed by atoms with E-state index in [1.807, 2.05) is 36.4 Å². The van der Waals surface area contributed by atoms with Crippen molar-refractivity contribution >= 4 is 11.7 Å². The summed E-state index contributed by atoms with van der Waals surface area (Å²) >= 11 is 0. The van der Waals surface area contributed by atoms with Gasteiger partial charge in [-0.25, -0.2) is 4.79 Å². The molecule has 6 heteroatoms. The Hall–Kier alpha value is -2.73. The van der Waals surface area contributed by atoms with E-state index in [1.54, 1.807) is 19.2 Å². The molecule has 3 N–H and O–H groups in total. The van der Waals surface area contributed by atoms with Crippen molar-refractivity contribution in [1.82, 2.24) is 0 Å². The molecule has 0 saturated carbocycles. The van der Waals surface area contributed by atoms with Crippen molar-refractivity contribution in [3.05, 3.63) is 54.1 Å². The molecular weight excluding hydrogens is 308 g/mol. The summed E-state index contributed by atoms with van der Waals surface area (Å²) in [6.07, 6.45) is 0. The van der Waals surface area contributed by atoms with Crippen LogP contribution in [-0.2, 0) is 16.1 Å². The monoisotopic (exact) mass is 330 g/mol. The Morgan fingerprint density at radius 3 is 2.67 bits per heavy atom. The van der Waals surface area contributed by atoms with E-state index in [1.165, 1.54) is 0 Å². The summed E-state index contributed by atoms with van der Waals surface area (Å²) in [5, 5.41) is 3.15. The third kappa shape index (κ3) is 5.48. The molecule has 2 rings (SSSR count). The topological polar surface area (TPSA) is 82.8 Å². The molecule has 24 heavy (non-hydrogen) atoms. The molecular formula is C18H22N2O4. The quantitative estimate of drug-likeness (QED) is 0.686. The van der Waals surface area contributed by atoms with E-state index in [0.717, 1.165) is 11.3 Å². The zero-order valence-corrected chi connectivity index (χ0v) is 13.7. The average Bonchev–Trinajstić information content (AvgIpc) is 2.64. The van der Waals surface area contributed by atoms with Gasteiger partial charge in [-0.05, 0) is 17.7 Å². The molecule has 0 bridgehead atoms. The Morgan fingerprint density at radius 1 is 1.17 bits per heavy atom. The van der Waals surface area contributed by atoms with Gasteiger partial charge in [-0.3, -0.25) is 0 Å². The Labute approximate surface area is 141 Å². The van der Waals surface area contributed by atoms with Gasteiger partial charge in [-0.1, -0.05) is 30.3 Å². The molecule has 2 aromatic rings. The molecule has 0 saturated heterocycles. The minimum atomic E-state index is -0.428. The van der Waals surface area contributed by atoms with E-state index in [-0.39, 0.29) is 13.2 Å². The Balaban J connectivity index is 1.83. The number of methoxy groups -OCH3 is 1. The van der Waals surface area contributed by atoms with Gasteiger partial charge < -0.3 is 25.3 Å². The highest BCUT2D eigenvalue weighted by atomic mass is 16.6. The predicted molar refractivity (Wildman–Crippen MR) is 92.3 cm³/mol. The van der Waals surface area contributed by atoms with E-state index in [4.69, 9.17) is 19.9 Å². The summed E-state index contributed by atoms with van der Waals surface area (Å²) in [5.74, 6) is 0.726. The molecule has 6 nitrogen and oxygen atoms in total. The first-order valence-corrected chi connectivity index (χ1v) is 7.67. The molecule has 0 aliphatic heterocycles. The Kier molecular flexibility index (Phi) is 6.91. The largest absolute Gasteiger partial charge is 0.494 e. The van der Waals surface area contributed by atoms with Crippen LogP contribution in [0.25, 0.3) is 0 Å². The molecule has 2 aromatic carbocycles. The summed E-state index contributed by atoms with van der Waals surface area (Å²) in [7, 11) is 1.57. The summed E-state index contributed by atoms with van der Waals surface area (Å²) in [6, 6.07) is 14.8. The number of nitrogens with two attached hydrogens (primary N) is 1. The van der Waals surface area contributed by atoms with Crippen molar-refractivity contribution in [1.29, 1.82) is 0 Å². The predicted octanol–water partition coefficient (Wildman–Crippen LogP) is 2.19. The van der Waals surface area contributed by atoms with E-state index < -0.39 is 5.97 Å². The Bertz CT molecular complexity index is 647. The van der Waals surface area contributed by atoms with Crippen LogP contribution in [0.5, 0.6) is 11.5 Å². The average molecular weight is 330 g/mol. The van der Waals surface area contributed by atoms with Gasteiger partial charge >= 0.3 is 5.97 Å². The van der Waals surface area contributed by atoms with Crippen LogP contribution in [0.3, 0.4) is 0 Å². The number of carbonyl (C=O) groups is 1. The number of hydrogen-bond acceptors (Lipinski definition) is 6. The maximum Gasteiger partial charge on any atom is 0.344 e. The Morgan fingerprint density at radius 2 is 1.96 bits per heavy atom. The van der Waals surface area contributed by atoms with Gasteiger partial charge in [0.25, 0.3) is 0 Å². The van der Waals surface area contributed by atoms with E-state index >= 15 is 0 Å². The van der Waals surface area contributed by atoms with Gasteiger partial charge in [0.05, 0.1) is 12.8 Å². The lowest BCUT2D eigenvalue weighted by Gasteiger charge is -2.13. The van der Waals surface area contributed by atoms with Gasteiger partial charge in [0, 0.05) is 19.2 Å². The van der Waals surface area contributed by atoms with Crippen molar-refractivity contribution < 1.29 is 19.0 Å². The number of ether oxygens (including phenoxy) is 3. The fourth-order valence-corrected chi connectivity index (χ4v) is 2.04. The number of carbonyl (C=O) groups excluding carboxylic acids is 1. The van der Waals surface area contributed by atoms with Crippen LogP contribution in [0.1, 0.15) is 5.56 Å². The van der Waals surface area contributed by atoms with E-state index in [9.17, 15) is 4.79 Å². The molecule has 0 atom stereocenters. The summed E-state index contributed by atoms with van der Waals surface area (Å²) in [5.41, 5.74) is 7.22. The standard InChI is InChI=1S/C18H22N2O4/c1-22-17-11-15(7-8-16(17)20-10-9-19)23-13-18(21)24-12-14-5-3-2-4-6-14/h2-8,11,20H,9-10,12-13,19H2,1H3. The maximum absolute atomic E-state index is 11.7. The number of rotatable bonds is 9. The van der Waals surface area contributed by atoms with Crippen LogP contribution < -0.4 is 20.5 Å². The third-order valence-electron chi connectivity index (χ3n) is 3.23. The zero-order chi connectivity index (χ0) is 17.2. The first kappa shape index (κ1) is 17.6. The number of benzene rings is 2. The molecule has 128 valence electrons. The molecule has 0 fully saturated rings. The second kappa shape index (κ2) is 9.42. The van der Waals surface area contributed by atoms with Crippen molar-refractivity contribution in [3.8, 4) is 11.5 Å². The van der Waals surface area contributed by atoms with Crippen molar-refractivity contribution in [2.45, 2.75) is 6.61 Å². The highest BCUT2D eigenvalue weighted by Gasteiger charge is 2.08. The van der Waals surface area contributed by atoms with Crippen LogP contribution in [0.4, 0.5) is 5.69 Å².